The highest BCUT2D eigenvalue weighted by Gasteiger charge is 2.32. The number of nitrogens with zero attached hydrogens (tertiary/aromatic N) is 1. The Morgan fingerprint density at radius 2 is 1.83 bits per heavy atom. The summed E-state index contributed by atoms with van der Waals surface area (Å²) < 4.78 is 0. The van der Waals surface area contributed by atoms with Crippen LogP contribution in [0.1, 0.15) is 46.0 Å². The summed E-state index contributed by atoms with van der Waals surface area (Å²) in [7, 11) is 0. The molecule has 0 unspecified atom stereocenters. The van der Waals surface area contributed by atoms with Crippen molar-refractivity contribution in [1.29, 1.82) is 0 Å². The zero-order chi connectivity index (χ0) is 13.1. The minimum atomic E-state index is 0.0181. The molecule has 0 aromatic rings. The molecule has 0 bridgehead atoms. The van der Waals surface area contributed by atoms with Crippen molar-refractivity contribution in [1.82, 2.24) is 10.2 Å². The van der Waals surface area contributed by atoms with E-state index in [2.05, 4.69) is 5.32 Å². The second kappa shape index (κ2) is 5.72. The van der Waals surface area contributed by atoms with Crippen LogP contribution in [0.4, 0.5) is 0 Å². The van der Waals surface area contributed by atoms with Crippen LogP contribution in [0.25, 0.3) is 0 Å². The van der Waals surface area contributed by atoms with Crippen LogP contribution in [-0.4, -0.2) is 35.8 Å². The molecule has 0 radical (unpaired) electrons. The third kappa shape index (κ3) is 3.03. The van der Waals surface area contributed by atoms with Crippen LogP contribution >= 0.6 is 0 Å². The Morgan fingerprint density at radius 1 is 1.17 bits per heavy atom. The summed E-state index contributed by atoms with van der Waals surface area (Å²) in [6.45, 7) is 5.30. The van der Waals surface area contributed by atoms with Gasteiger partial charge in [0.2, 0.25) is 11.8 Å². The van der Waals surface area contributed by atoms with Crippen LogP contribution in [0.3, 0.4) is 0 Å². The Labute approximate surface area is 109 Å². The van der Waals surface area contributed by atoms with E-state index < -0.39 is 0 Å². The third-order valence-corrected chi connectivity index (χ3v) is 4.08. The smallest absolute Gasteiger partial charge is 0.225 e. The number of likely N-dealkylation sites (tertiary alicyclic amines) is 1. The lowest BCUT2D eigenvalue weighted by atomic mass is 10.1. The second-order valence-electron chi connectivity index (χ2n) is 5.91. The van der Waals surface area contributed by atoms with E-state index in [4.69, 9.17) is 0 Å². The van der Waals surface area contributed by atoms with Crippen molar-refractivity contribution in [3.8, 4) is 0 Å². The van der Waals surface area contributed by atoms with E-state index in [1.54, 1.807) is 0 Å². The standard InChI is InChI=1S/C14H24N2O2/c1-10(2)13(17)15-12-7-8-16(9-12)14(18)11-5-3-4-6-11/h10-12H,3-9H2,1-2H3,(H,15,17)/t12-/m0/s1. The van der Waals surface area contributed by atoms with Crippen molar-refractivity contribution in [3.63, 3.8) is 0 Å². The maximum atomic E-state index is 12.2. The zero-order valence-electron chi connectivity index (χ0n) is 11.4. The largest absolute Gasteiger partial charge is 0.351 e. The summed E-state index contributed by atoms with van der Waals surface area (Å²) in [5.74, 6) is 0.679. The van der Waals surface area contributed by atoms with Gasteiger partial charge in [-0.15, -0.1) is 0 Å². The molecule has 2 rings (SSSR count). The summed E-state index contributed by atoms with van der Waals surface area (Å²) in [5.41, 5.74) is 0. The lowest BCUT2D eigenvalue weighted by molar-refractivity contribution is -0.134. The highest BCUT2D eigenvalue weighted by atomic mass is 16.2. The fourth-order valence-electron chi connectivity index (χ4n) is 2.88. The summed E-state index contributed by atoms with van der Waals surface area (Å²) in [5, 5.41) is 3.02. The number of hydrogen-bond acceptors (Lipinski definition) is 2. The van der Waals surface area contributed by atoms with Crippen LogP contribution in [0.15, 0.2) is 0 Å². The van der Waals surface area contributed by atoms with E-state index >= 15 is 0 Å². The number of carbonyl (C=O) groups excluding carboxylic acids is 2. The van der Waals surface area contributed by atoms with Gasteiger partial charge >= 0.3 is 0 Å². The molecule has 1 aliphatic heterocycles. The molecule has 2 amide bonds. The van der Waals surface area contributed by atoms with E-state index in [0.29, 0.717) is 12.5 Å². The third-order valence-electron chi connectivity index (χ3n) is 4.08. The molecular formula is C14H24N2O2. The molecule has 18 heavy (non-hydrogen) atoms. The van der Waals surface area contributed by atoms with Gasteiger partial charge in [0.15, 0.2) is 0 Å². The van der Waals surface area contributed by atoms with Crippen molar-refractivity contribution in [2.75, 3.05) is 13.1 Å². The van der Waals surface area contributed by atoms with E-state index in [9.17, 15) is 9.59 Å². The molecule has 2 aliphatic rings. The fourth-order valence-corrected chi connectivity index (χ4v) is 2.88. The predicted molar refractivity (Wildman–Crippen MR) is 69.9 cm³/mol. The Kier molecular flexibility index (Phi) is 4.25. The molecule has 0 spiro atoms. The maximum Gasteiger partial charge on any atom is 0.225 e. The number of rotatable bonds is 3. The van der Waals surface area contributed by atoms with E-state index in [1.165, 1.54) is 12.8 Å². The minimum Gasteiger partial charge on any atom is -0.351 e. The first-order valence-electron chi connectivity index (χ1n) is 7.17. The first-order valence-corrected chi connectivity index (χ1v) is 7.17. The van der Waals surface area contributed by atoms with Crippen LogP contribution in [0.2, 0.25) is 0 Å². The zero-order valence-corrected chi connectivity index (χ0v) is 11.4. The molecule has 0 aromatic heterocycles. The number of amides is 2. The quantitative estimate of drug-likeness (QED) is 0.828. The van der Waals surface area contributed by atoms with Crippen molar-refractivity contribution in [3.05, 3.63) is 0 Å². The Balaban J connectivity index is 1.80. The normalized spacial score (nSPS) is 24.8. The highest BCUT2D eigenvalue weighted by Crippen LogP contribution is 2.27. The van der Waals surface area contributed by atoms with Gasteiger partial charge in [-0.3, -0.25) is 9.59 Å². The maximum absolute atomic E-state index is 12.2. The van der Waals surface area contributed by atoms with Crippen LogP contribution in [-0.2, 0) is 9.59 Å². The molecule has 102 valence electrons. The van der Waals surface area contributed by atoms with Gasteiger partial charge < -0.3 is 10.2 Å². The Hall–Kier alpha value is -1.06. The molecule has 1 saturated heterocycles. The molecule has 1 aliphatic carbocycles. The van der Waals surface area contributed by atoms with Gasteiger partial charge in [-0.1, -0.05) is 26.7 Å². The van der Waals surface area contributed by atoms with Crippen molar-refractivity contribution in [2.24, 2.45) is 11.8 Å². The summed E-state index contributed by atoms with van der Waals surface area (Å²) in [6.07, 6.45) is 5.39. The van der Waals surface area contributed by atoms with Gasteiger partial charge in [0.05, 0.1) is 0 Å². The number of nitrogens with one attached hydrogen (secondary N) is 1. The molecule has 1 atom stereocenters. The SMILES string of the molecule is CC(C)C(=O)N[C@H]1CCN(C(=O)C2CCCC2)C1. The molecule has 2 fully saturated rings. The van der Waals surface area contributed by atoms with Crippen LogP contribution < -0.4 is 5.32 Å². The minimum absolute atomic E-state index is 0.0181. The van der Waals surface area contributed by atoms with Crippen molar-refractivity contribution in [2.45, 2.75) is 52.0 Å². The van der Waals surface area contributed by atoms with Crippen molar-refractivity contribution >= 4 is 11.8 Å². The van der Waals surface area contributed by atoms with Crippen LogP contribution in [0.5, 0.6) is 0 Å². The van der Waals surface area contributed by atoms with Gasteiger partial charge in [0.25, 0.3) is 0 Å². The van der Waals surface area contributed by atoms with Gasteiger partial charge in [0.1, 0.15) is 0 Å². The van der Waals surface area contributed by atoms with Gasteiger partial charge in [-0.05, 0) is 19.3 Å². The van der Waals surface area contributed by atoms with Crippen LogP contribution in [0, 0.1) is 11.8 Å². The molecule has 4 heteroatoms. The van der Waals surface area contributed by atoms with Crippen molar-refractivity contribution < 1.29 is 9.59 Å². The molecule has 0 aromatic carbocycles. The average Bonchev–Trinajstić information content (AvgIpc) is 2.98. The lowest BCUT2D eigenvalue weighted by Gasteiger charge is -2.21. The monoisotopic (exact) mass is 252 g/mol. The summed E-state index contributed by atoms with van der Waals surface area (Å²) in [6, 6.07) is 0.158. The summed E-state index contributed by atoms with van der Waals surface area (Å²) in [4.78, 5) is 25.8. The second-order valence-corrected chi connectivity index (χ2v) is 5.91. The predicted octanol–water partition coefficient (Wildman–Crippen LogP) is 1.55. The molecule has 4 nitrogen and oxygen atoms in total. The van der Waals surface area contributed by atoms with Gasteiger partial charge in [-0.25, -0.2) is 0 Å². The highest BCUT2D eigenvalue weighted by molar-refractivity contribution is 5.80. The summed E-state index contributed by atoms with van der Waals surface area (Å²) >= 11 is 0. The van der Waals surface area contributed by atoms with Gasteiger partial charge in [0, 0.05) is 31.0 Å². The fraction of sp³-hybridized carbons (Fsp3) is 0.857. The number of carbonyl (C=O) groups is 2. The molecule has 1 saturated carbocycles. The van der Waals surface area contributed by atoms with Gasteiger partial charge in [-0.2, -0.15) is 0 Å². The number of hydrogen-bond donors (Lipinski definition) is 1. The van der Waals surface area contributed by atoms with E-state index in [0.717, 1.165) is 25.8 Å². The Morgan fingerprint density at radius 3 is 2.44 bits per heavy atom. The van der Waals surface area contributed by atoms with E-state index in [1.807, 2.05) is 18.7 Å². The average molecular weight is 252 g/mol. The van der Waals surface area contributed by atoms with E-state index in [-0.39, 0.29) is 23.8 Å². The topological polar surface area (TPSA) is 49.4 Å². The first-order chi connectivity index (χ1) is 8.58. The lowest BCUT2D eigenvalue weighted by Crippen LogP contribution is -2.41. The molecular weight excluding hydrogens is 228 g/mol. The Bertz CT molecular complexity index is 322. The molecule has 1 heterocycles. The molecule has 1 N–H and O–H groups in total. The first kappa shape index (κ1) is 13.4.